The molecule has 1 aliphatic carbocycles. The molecule has 1 aromatic heterocycles. The van der Waals surface area contributed by atoms with Gasteiger partial charge in [0.05, 0.1) is 17.3 Å². The maximum absolute atomic E-state index is 13.8. The van der Waals surface area contributed by atoms with Gasteiger partial charge in [0.25, 0.3) is 0 Å². The molecule has 2 N–H and O–H groups in total. The maximum atomic E-state index is 13.8. The lowest BCUT2D eigenvalue weighted by molar-refractivity contribution is -0.164. The summed E-state index contributed by atoms with van der Waals surface area (Å²) in [7, 11) is 0. The lowest BCUT2D eigenvalue weighted by atomic mass is 9.80. The first-order chi connectivity index (χ1) is 15.2. The van der Waals surface area contributed by atoms with Gasteiger partial charge in [-0.25, -0.2) is 4.68 Å². The maximum Gasteiger partial charge on any atom is 0.435 e. The number of aromatic hydroxyl groups is 1. The van der Waals surface area contributed by atoms with E-state index in [0.717, 1.165) is 4.68 Å². The normalized spacial score (nSPS) is 21.8. The molecule has 2 aromatic rings. The summed E-state index contributed by atoms with van der Waals surface area (Å²) in [6, 6.07) is 5.63. The lowest BCUT2D eigenvalue weighted by Gasteiger charge is -2.28. The van der Waals surface area contributed by atoms with Crippen LogP contribution in [0.4, 0.5) is 13.2 Å². The SMILES string of the molecule is CC1CCC(C(=O)OC(=O)C2CCNCC2)c2c1c(C(F)(F)F)nn2-c1cccc(O)c1. The number of nitrogens with one attached hydrogen (secondary N) is 1. The van der Waals surface area contributed by atoms with E-state index < -0.39 is 41.6 Å². The van der Waals surface area contributed by atoms with Gasteiger partial charge in [0.15, 0.2) is 5.69 Å². The molecule has 7 nitrogen and oxygen atoms in total. The molecule has 0 amide bonds. The summed E-state index contributed by atoms with van der Waals surface area (Å²) in [6.07, 6.45) is -3.09. The van der Waals surface area contributed by atoms with Gasteiger partial charge in [0, 0.05) is 11.6 Å². The number of carbonyl (C=O) groups is 2. The summed E-state index contributed by atoms with van der Waals surface area (Å²) in [5, 5.41) is 16.8. The third-order valence-electron chi connectivity index (χ3n) is 6.17. The van der Waals surface area contributed by atoms with Crippen molar-refractivity contribution in [2.24, 2.45) is 5.92 Å². The number of esters is 2. The van der Waals surface area contributed by atoms with Gasteiger partial charge in [-0.1, -0.05) is 13.0 Å². The quantitative estimate of drug-likeness (QED) is 0.547. The number of alkyl halides is 3. The highest BCUT2D eigenvalue weighted by Gasteiger charge is 2.46. The molecule has 2 aliphatic rings. The Morgan fingerprint density at radius 3 is 2.53 bits per heavy atom. The zero-order valence-corrected chi connectivity index (χ0v) is 17.5. The summed E-state index contributed by atoms with van der Waals surface area (Å²) in [5.74, 6) is -3.63. The third-order valence-corrected chi connectivity index (χ3v) is 6.17. The van der Waals surface area contributed by atoms with Crippen LogP contribution in [-0.4, -0.2) is 39.9 Å². The number of fused-ring (bicyclic) bond motifs is 1. The number of piperidine rings is 1. The Labute approximate surface area is 182 Å². The topological polar surface area (TPSA) is 93.5 Å². The van der Waals surface area contributed by atoms with Gasteiger partial charge in [-0.2, -0.15) is 18.3 Å². The highest BCUT2D eigenvalue weighted by molar-refractivity contribution is 5.90. The van der Waals surface area contributed by atoms with Crippen molar-refractivity contribution in [3.05, 3.63) is 41.2 Å². The largest absolute Gasteiger partial charge is 0.508 e. The molecule has 1 saturated heterocycles. The summed E-state index contributed by atoms with van der Waals surface area (Å²) in [4.78, 5) is 25.5. The van der Waals surface area contributed by atoms with E-state index in [2.05, 4.69) is 10.4 Å². The fourth-order valence-corrected chi connectivity index (χ4v) is 4.53. The molecule has 2 atom stereocenters. The van der Waals surface area contributed by atoms with E-state index >= 15 is 0 Å². The number of aromatic nitrogens is 2. The highest BCUT2D eigenvalue weighted by atomic mass is 19.4. The van der Waals surface area contributed by atoms with Gasteiger partial charge in [0.2, 0.25) is 0 Å². The smallest absolute Gasteiger partial charge is 0.435 e. The number of carbonyl (C=O) groups excluding carboxylic acids is 2. The van der Waals surface area contributed by atoms with E-state index in [4.69, 9.17) is 4.74 Å². The molecule has 32 heavy (non-hydrogen) atoms. The van der Waals surface area contributed by atoms with Crippen molar-refractivity contribution in [3.63, 3.8) is 0 Å². The number of rotatable bonds is 3. The van der Waals surface area contributed by atoms with Crippen LogP contribution in [0.25, 0.3) is 5.69 Å². The Morgan fingerprint density at radius 2 is 1.88 bits per heavy atom. The Balaban J connectivity index is 1.75. The van der Waals surface area contributed by atoms with Gasteiger partial charge < -0.3 is 15.2 Å². The molecule has 0 saturated carbocycles. The van der Waals surface area contributed by atoms with Gasteiger partial charge in [-0.15, -0.1) is 0 Å². The molecule has 2 unspecified atom stereocenters. The van der Waals surface area contributed by atoms with E-state index in [0.29, 0.717) is 32.4 Å². The lowest BCUT2D eigenvalue weighted by Crippen LogP contribution is -2.35. The second-order valence-corrected chi connectivity index (χ2v) is 8.37. The molecule has 0 bridgehead atoms. The number of phenols is 1. The minimum absolute atomic E-state index is 0.0600. The van der Waals surface area contributed by atoms with Crippen LogP contribution >= 0.6 is 0 Å². The zero-order chi connectivity index (χ0) is 23.0. The molecular weight excluding hydrogens is 427 g/mol. The van der Waals surface area contributed by atoms with E-state index in [1.165, 1.54) is 24.3 Å². The number of benzene rings is 1. The van der Waals surface area contributed by atoms with Crippen molar-refractivity contribution in [3.8, 4) is 11.4 Å². The fourth-order valence-electron chi connectivity index (χ4n) is 4.53. The van der Waals surface area contributed by atoms with E-state index in [1.807, 2.05) is 0 Å². The molecule has 1 aromatic carbocycles. The molecule has 2 heterocycles. The average molecular weight is 451 g/mol. The second-order valence-electron chi connectivity index (χ2n) is 8.37. The Hall–Kier alpha value is -2.88. The number of hydrogen-bond acceptors (Lipinski definition) is 6. The molecule has 1 fully saturated rings. The van der Waals surface area contributed by atoms with Crippen molar-refractivity contribution in [1.29, 1.82) is 0 Å². The Bertz CT molecular complexity index is 1030. The van der Waals surface area contributed by atoms with Crippen LogP contribution in [0.5, 0.6) is 5.75 Å². The van der Waals surface area contributed by atoms with Crippen LogP contribution < -0.4 is 5.32 Å². The van der Waals surface area contributed by atoms with E-state index in [9.17, 15) is 27.9 Å². The van der Waals surface area contributed by atoms with Gasteiger partial charge in [-0.3, -0.25) is 9.59 Å². The van der Waals surface area contributed by atoms with Gasteiger partial charge in [0.1, 0.15) is 11.7 Å². The summed E-state index contributed by atoms with van der Waals surface area (Å²) >= 11 is 0. The molecule has 10 heteroatoms. The molecule has 1 aliphatic heterocycles. The summed E-state index contributed by atoms with van der Waals surface area (Å²) < 4.78 is 47.7. The highest BCUT2D eigenvalue weighted by Crippen LogP contribution is 2.46. The predicted octanol–water partition coefficient (Wildman–Crippen LogP) is 3.65. The minimum Gasteiger partial charge on any atom is -0.508 e. The summed E-state index contributed by atoms with van der Waals surface area (Å²) in [5.41, 5.74) is -0.882. The first-order valence-corrected chi connectivity index (χ1v) is 10.6. The minimum atomic E-state index is -4.73. The number of phenolic OH excluding ortho intramolecular Hbond substituents is 1. The number of hydrogen-bond donors (Lipinski definition) is 2. The predicted molar refractivity (Wildman–Crippen MR) is 107 cm³/mol. The van der Waals surface area contributed by atoms with Gasteiger partial charge >= 0.3 is 18.1 Å². The Morgan fingerprint density at radius 1 is 1.16 bits per heavy atom. The van der Waals surface area contributed by atoms with Crippen molar-refractivity contribution in [2.45, 2.75) is 50.6 Å². The number of ether oxygens (including phenoxy) is 1. The van der Waals surface area contributed by atoms with Crippen LogP contribution in [0.1, 0.15) is 61.4 Å². The zero-order valence-electron chi connectivity index (χ0n) is 17.5. The first kappa shape index (κ1) is 22.3. The first-order valence-electron chi connectivity index (χ1n) is 10.6. The fraction of sp³-hybridized carbons (Fsp3) is 0.500. The van der Waals surface area contributed by atoms with Crippen molar-refractivity contribution in [1.82, 2.24) is 15.1 Å². The van der Waals surface area contributed by atoms with Crippen LogP contribution in [0.15, 0.2) is 24.3 Å². The number of halogens is 3. The molecular formula is C22H24F3N3O4. The second kappa shape index (κ2) is 8.57. The van der Waals surface area contributed by atoms with Crippen LogP contribution in [-0.2, 0) is 20.5 Å². The van der Waals surface area contributed by atoms with E-state index in [-0.39, 0.29) is 29.1 Å². The molecule has 172 valence electrons. The molecule has 0 radical (unpaired) electrons. The number of nitrogens with zero attached hydrogens (tertiary/aromatic N) is 2. The molecule has 4 rings (SSSR count). The van der Waals surface area contributed by atoms with E-state index in [1.54, 1.807) is 6.92 Å². The van der Waals surface area contributed by atoms with Crippen molar-refractivity contribution < 1.29 is 32.6 Å². The average Bonchev–Trinajstić information content (AvgIpc) is 3.17. The standard InChI is InChI=1S/C22H24F3N3O4/c1-12-5-6-16(21(31)32-20(30)13-7-9-26-10-8-13)18-17(12)19(22(23,24)25)27-28(18)14-3-2-4-15(29)11-14/h2-4,11-13,16,26,29H,5-10H2,1H3. The van der Waals surface area contributed by atoms with Crippen LogP contribution in [0, 0.1) is 5.92 Å². The van der Waals surface area contributed by atoms with Crippen molar-refractivity contribution >= 4 is 11.9 Å². The van der Waals surface area contributed by atoms with Crippen molar-refractivity contribution in [2.75, 3.05) is 13.1 Å². The molecule has 0 spiro atoms. The van der Waals surface area contributed by atoms with Gasteiger partial charge in [-0.05, 0) is 56.8 Å². The third kappa shape index (κ3) is 4.23. The van der Waals surface area contributed by atoms with Crippen LogP contribution in [0.2, 0.25) is 0 Å². The monoisotopic (exact) mass is 451 g/mol. The Kier molecular flexibility index (Phi) is 5.98. The summed E-state index contributed by atoms with van der Waals surface area (Å²) in [6.45, 7) is 2.93. The van der Waals surface area contributed by atoms with Crippen LogP contribution in [0.3, 0.4) is 0 Å².